The summed E-state index contributed by atoms with van der Waals surface area (Å²) in [5.41, 5.74) is 6.18. The van der Waals surface area contributed by atoms with E-state index in [0.717, 1.165) is 27.0 Å². The standard InChI is InChI=1S/C12H7N5S/c1-2-7(9-8(3-1)18-6-17-9)10-11-12(15-4-13-10)16-5-14-11/h1-6H,(H,13,14,15,16). The predicted octanol–water partition coefficient (Wildman–Crippen LogP) is 2.63. The van der Waals surface area contributed by atoms with E-state index in [2.05, 4.69) is 31.0 Å². The van der Waals surface area contributed by atoms with E-state index >= 15 is 0 Å². The quantitative estimate of drug-likeness (QED) is 0.566. The van der Waals surface area contributed by atoms with Crippen molar-refractivity contribution in [3.8, 4) is 11.3 Å². The highest BCUT2D eigenvalue weighted by atomic mass is 32.1. The highest BCUT2D eigenvalue weighted by molar-refractivity contribution is 7.16. The van der Waals surface area contributed by atoms with E-state index < -0.39 is 0 Å². The van der Waals surface area contributed by atoms with Gasteiger partial charge in [-0.05, 0) is 6.07 Å². The van der Waals surface area contributed by atoms with Gasteiger partial charge in [0.05, 0.1) is 22.1 Å². The van der Waals surface area contributed by atoms with E-state index in [1.165, 1.54) is 6.33 Å². The summed E-state index contributed by atoms with van der Waals surface area (Å²) in [5.74, 6) is 0. The first-order chi connectivity index (χ1) is 8.93. The van der Waals surface area contributed by atoms with Crippen LogP contribution in [-0.4, -0.2) is 24.9 Å². The third kappa shape index (κ3) is 1.26. The largest absolute Gasteiger partial charge is 0.341 e. The van der Waals surface area contributed by atoms with Gasteiger partial charge in [0.15, 0.2) is 5.65 Å². The first-order valence-electron chi connectivity index (χ1n) is 5.40. The minimum atomic E-state index is 0.673. The molecule has 86 valence electrons. The second kappa shape index (κ2) is 3.58. The molecule has 0 unspecified atom stereocenters. The summed E-state index contributed by atoms with van der Waals surface area (Å²) in [6.45, 7) is 0. The van der Waals surface area contributed by atoms with Crippen LogP contribution in [0.3, 0.4) is 0 Å². The zero-order chi connectivity index (χ0) is 11.9. The third-order valence-electron chi connectivity index (χ3n) is 2.84. The fraction of sp³-hybridized carbons (Fsp3) is 0. The predicted molar refractivity (Wildman–Crippen MR) is 70.3 cm³/mol. The Kier molecular flexibility index (Phi) is 1.92. The van der Waals surface area contributed by atoms with Crippen molar-refractivity contribution in [2.45, 2.75) is 0 Å². The Morgan fingerprint density at radius 3 is 3.06 bits per heavy atom. The van der Waals surface area contributed by atoms with Crippen LogP contribution in [0, 0.1) is 0 Å². The number of rotatable bonds is 1. The smallest absolute Gasteiger partial charge is 0.181 e. The lowest BCUT2D eigenvalue weighted by atomic mass is 10.1. The van der Waals surface area contributed by atoms with Crippen LogP contribution in [0.25, 0.3) is 32.6 Å². The summed E-state index contributed by atoms with van der Waals surface area (Å²) in [5, 5.41) is 0. The number of aromatic amines is 1. The zero-order valence-corrected chi connectivity index (χ0v) is 9.98. The zero-order valence-electron chi connectivity index (χ0n) is 9.16. The minimum Gasteiger partial charge on any atom is -0.341 e. The van der Waals surface area contributed by atoms with Crippen LogP contribution in [-0.2, 0) is 0 Å². The van der Waals surface area contributed by atoms with Crippen molar-refractivity contribution in [1.29, 1.82) is 0 Å². The van der Waals surface area contributed by atoms with Crippen LogP contribution in [0.4, 0.5) is 0 Å². The van der Waals surface area contributed by atoms with Gasteiger partial charge in [-0.25, -0.2) is 19.9 Å². The Balaban J connectivity index is 2.13. The molecule has 0 saturated heterocycles. The van der Waals surface area contributed by atoms with Crippen molar-refractivity contribution in [1.82, 2.24) is 24.9 Å². The first-order valence-corrected chi connectivity index (χ1v) is 6.28. The Morgan fingerprint density at radius 2 is 2.06 bits per heavy atom. The lowest BCUT2D eigenvalue weighted by Gasteiger charge is -2.02. The third-order valence-corrected chi connectivity index (χ3v) is 3.63. The Labute approximate surface area is 106 Å². The molecule has 0 bridgehead atoms. The van der Waals surface area contributed by atoms with E-state index in [-0.39, 0.29) is 0 Å². The van der Waals surface area contributed by atoms with Gasteiger partial charge in [0.25, 0.3) is 0 Å². The lowest BCUT2D eigenvalue weighted by Crippen LogP contribution is -1.89. The number of thiazole rings is 1. The van der Waals surface area contributed by atoms with Crippen LogP contribution in [0.15, 0.2) is 36.4 Å². The van der Waals surface area contributed by atoms with Gasteiger partial charge in [0.1, 0.15) is 17.5 Å². The minimum absolute atomic E-state index is 0.673. The van der Waals surface area contributed by atoms with Crippen molar-refractivity contribution in [3.05, 3.63) is 36.4 Å². The lowest BCUT2D eigenvalue weighted by molar-refractivity contribution is 1.20. The molecular formula is C12H7N5S. The summed E-state index contributed by atoms with van der Waals surface area (Å²) < 4.78 is 1.15. The van der Waals surface area contributed by atoms with Gasteiger partial charge in [-0.3, -0.25) is 0 Å². The number of imidazole rings is 1. The SMILES string of the molecule is c1cc(-c2ncnc3nc[nH]c23)c2ncsc2c1. The summed E-state index contributed by atoms with van der Waals surface area (Å²) in [6.07, 6.45) is 3.16. The van der Waals surface area contributed by atoms with Crippen molar-refractivity contribution in [2.24, 2.45) is 0 Å². The van der Waals surface area contributed by atoms with Crippen LogP contribution in [0.5, 0.6) is 0 Å². The molecule has 0 aliphatic heterocycles. The molecule has 0 aliphatic rings. The second-order valence-corrected chi connectivity index (χ2v) is 4.71. The number of nitrogens with one attached hydrogen (secondary N) is 1. The summed E-state index contributed by atoms with van der Waals surface area (Å²) >= 11 is 1.62. The first kappa shape index (κ1) is 9.67. The fourth-order valence-electron chi connectivity index (χ4n) is 2.05. The number of fused-ring (bicyclic) bond motifs is 2. The van der Waals surface area contributed by atoms with Gasteiger partial charge in [-0.15, -0.1) is 11.3 Å². The molecule has 6 heteroatoms. The topological polar surface area (TPSA) is 67.3 Å². The number of aromatic nitrogens is 5. The molecule has 0 atom stereocenters. The van der Waals surface area contributed by atoms with Crippen LogP contribution in [0.1, 0.15) is 0 Å². The van der Waals surface area contributed by atoms with Crippen molar-refractivity contribution in [2.75, 3.05) is 0 Å². The number of hydrogen-bond donors (Lipinski definition) is 1. The molecule has 5 nitrogen and oxygen atoms in total. The Morgan fingerprint density at radius 1 is 1.06 bits per heavy atom. The molecule has 4 rings (SSSR count). The number of hydrogen-bond acceptors (Lipinski definition) is 5. The van der Waals surface area contributed by atoms with Crippen molar-refractivity contribution >= 4 is 32.7 Å². The average Bonchev–Trinajstić information content (AvgIpc) is 3.06. The van der Waals surface area contributed by atoms with E-state index in [1.54, 1.807) is 17.7 Å². The maximum Gasteiger partial charge on any atom is 0.181 e. The molecule has 3 heterocycles. The number of nitrogens with zero attached hydrogens (tertiary/aromatic N) is 4. The van der Waals surface area contributed by atoms with Gasteiger partial charge in [0.2, 0.25) is 0 Å². The number of H-pyrrole nitrogens is 1. The number of benzene rings is 1. The average molecular weight is 253 g/mol. The maximum absolute atomic E-state index is 4.41. The molecule has 1 N–H and O–H groups in total. The van der Waals surface area contributed by atoms with Crippen LogP contribution >= 0.6 is 11.3 Å². The maximum atomic E-state index is 4.41. The van der Waals surface area contributed by atoms with Crippen LogP contribution < -0.4 is 0 Å². The summed E-state index contributed by atoms with van der Waals surface area (Å²) in [6, 6.07) is 6.09. The normalized spacial score (nSPS) is 11.3. The molecule has 18 heavy (non-hydrogen) atoms. The Hall–Kier alpha value is -2.34. The van der Waals surface area contributed by atoms with Crippen LogP contribution in [0.2, 0.25) is 0 Å². The molecular weight excluding hydrogens is 246 g/mol. The van der Waals surface area contributed by atoms with E-state index in [4.69, 9.17) is 0 Å². The second-order valence-electron chi connectivity index (χ2n) is 3.83. The molecule has 4 aromatic rings. The molecule has 0 saturated carbocycles. The summed E-state index contributed by atoms with van der Waals surface area (Å²) in [7, 11) is 0. The molecule has 0 radical (unpaired) electrons. The summed E-state index contributed by atoms with van der Waals surface area (Å²) in [4.78, 5) is 20.1. The van der Waals surface area contributed by atoms with E-state index in [1.807, 2.05) is 17.6 Å². The van der Waals surface area contributed by atoms with Gasteiger partial charge < -0.3 is 4.98 Å². The molecule has 0 aliphatic carbocycles. The molecule has 0 spiro atoms. The molecule has 0 fully saturated rings. The highest BCUT2D eigenvalue weighted by Gasteiger charge is 2.12. The van der Waals surface area contributed by atoms with Crippen molar-refractivity contribution < 1.29 is 0 Å². The van der Waals surface area contributed by atoms with E-state index in [0.29, 0.717) is 5.65 Å². The van der Waals surface area contributed by atoms with Gasteiger partial charge in [-0.2, -0.15) is 0 Å². The van der Waals surface area contributed by atoms with Gasteiger partial charge >= 0.3 is 0 Å². The highest BCUT2D eigenvalue weighted by Crippen LogP contribution is 2.30. The van der Waals surface area contributed by atoms with Gasteiger partial charge in [0, 0.05) is 5.56 Å². The molecule has 1 aromatic carbocycles. The molecule has 3 aromatic heterocycles. The van der Waals surface area contributed by atoms with E-state index in [9.17, 15) is 0 Å². The molecule has 0 amide bonds. The number of para-hydroxylation sites is 1. The Bertz CT molecular complexity index is 776. The van der Waals surface area contributed by atoms with Crippen molar-refractivity contribution in [3.63, 3.8) is 0 Å². The fourth-order valence-corrected chi connectivity index (χ4v) is 2.75. The van der Waals surface area contributed by atoms with Gasteiger partial charge in [-0.1, -0.05) is 12.1 Å². The monoisotopic (exact) mass is 253 g/mol.